The molecule has 0 fully saturated rings. The maximum atomic E-state index is 8.98. The minimum absolute atomic E-state index is 0.435. The first kappa shape index (κ1) is 10.1. The van der Waals surface area contributed by atoms with Crippen LogP contribution in [0, 0.1) is 0 Å². The Hall–Kier alpha value is -1.44. The number of benzene rings is 1. The molecule has 3 N–H and O–H groups in total. The summed E-state index contributed by atoms with van der Waals surface area (Å²) in [5.41, 5.74) is 2.80. The van der Waals surface area contributed by atoms with Gasteiger partial charge in [0, 0.05) is 5.69 Å². The summed E-state index contributed by atoms with van der Waals surface area (Å²) in [5, 5.41) is 29.1. The predicted octanol–water partition coefficient (Wildman–Crippen LogP) is -0.0385. The van der Waals surface area contributed by atoms with Crippen LogP contribution in [0.2, 0.25) is 0 Å². The Bertz CT molecular complexity index is 435. The van der Waals surface area contributed by atoms with E-state index in [0.717, 1.165) is 5.69 Å². The molecule has 0 aliphatic heterocycles. The third-order valence-corrected chi connectivity index (χ3v) is 2.40. The highest BCUT2D eigenvalue weighted by atomic mass is 32.1. The number of anilines is 2. The van der Waals surface area contributed by atoms with Crippen molar-refractivity contribution in [2.45, 2.75) is 0 Å². The van der Waals surface area contributed by atoms with Gasteiger partial charge in [-0.1, -0.05) is 23.5 Å². The van der Waals surface area contributed by atoms with E-state index in [1.807, 2.05) is 6.07 Å². The fraction of sp³-hybridized carbons (Fsp3) is 0. The number of nitrogens with one attached hydrogen (secondary N) is 1. The minimum atomic E-state index is -1.46. The molecule has 1 heterocycles. The first-order valence-electron chi connectivity index (χ1n) is 4.25. The molecule has 0 radical (unpaired) electrons. The van der Waals surface area contributed by atoms with Gasteiger partial charge in [0.05, 0.1) is 0 Å². The Morgan fingerprint density at radius 2 is 2.20 bits per heavy atom. The Morgan fingerprint density at radius 3 is 2.87 bits per heavy atom. The lowest BCUT2D eigenvalue weighted by atomic mass is 9.80. The molecule has 76 valence electrons. The van der Waals surface area contributed by atoms with Crippen molar-refractivity contribution in [1.82, 2.24) is 10.2 Å². The van der Waals surface area contributed by atoms with Crippen LogP contribution in [0.5, 0.6) is 0 Å². The minimum Gasteiger partial charge on any atom is -0.423 e. The molecule has 0 saturated carbocycles. The molecular formula is C8H8BN3O2S. The molecule has 1 aromatic heterocycles. The Morgan fingerprint density at radius 1 is 1.33 bits per heavy atom. The largest absolute Gasteiger partial charge is 0.488 e. The fourth-order valence-electron chi connectivity index (χ4n) is 1.13. The molecule has 0 atom stereocenters. The number of rotatable bonds is 3. The van der Waals surface area contributed by atoms with Gasteiger partial charge in [-0.05, 0) is 17.6 Å². The SMILES string of the molecule is OB(O)c1cccc(Nc2nncs2)c1. The van der Waals surface area contributed by atoms with Gasteiger partial charge in [-0.3, -0.25) is 0 Å². The average Bonchev–Trinajstić information content (AvgIpc) is 2.71. The van der Waals surface area contributed by atoms with Gasteiger partial charge < -0.3 is 15.4 Å². The van der Waals surface area contributed by atoms with Crippen molar-refractivity contribution in [3.05, 3.63) is 29.8 Å². The van der Waals surface area contributed by atoms with E-state index in [-0.39, 0.29) is 0 Å². The molecule has 2 rings (SSSR count). The highest BCUT2D eigenvalue weighted by Gasteiger charge is 2.10. The highest BCUT2D eigenvalue weighted by Crippen LogP contribution is 2.15. The fourth-order valence-corrected chi connectivity index (χ4v) is 1.59. The first-order valence-corrected chi connectivity index (χ1v) is 5.13. The second kappa shape index (κ2) is 4.39. The van der Waals surface area contributed by atoms with Gasteiger partial charge >= 0.3 is 7.12 Å². The van der Waals surface area contributed by atoms with E-state index in [9.17, 15) is 0 Å². The van der Waals surface area contributed by atoms with Crippen LogP contribution in [-0.4, -0.2) is 27.4 Å². The molecule has 0 unspecified atom stereocenters. The lowest BCUT2D eigenvalue weighted by molar-refractivity contribution is 0.426. The van der Waals surface area contributed by atoms with Gasteiger partial charge in [-0.15, -0.1) is 10.2 Å². The van der Waals surface area contributed by atoms with E-state index >= 15 is 0 Å². The zero-order valence-electron chi connectivity index (χ0n) is 7.66. The standard InChI is InChI=1S/C8H8BN3O2S/c13-9(14)6-2-1-3-7(4-6)11-8-12-10-5-15-8/h1-5,13-14H,(H,11,12). The number of hydrogen-bond acceptors (Lipinski definition) is 6. The third-order valence-electron chi connectivity index (χ3n) is 1.80. The second-order valence-electron chi connectivity index (χ2n) is 2.87. The Labute approximate surface area is 90.6 Å². The summed E-state index contributed by atoms with van der Waals surface area (Å²) in [6.45, 7) is 0. The van der Waals surface area contributed by atoms with E-state index in [4.69, 9.17) is 10.0 Å². The van der Waals surface area contributed by atoms with Crippen molar-refractivity contribution in [3.63, 3.8) is 0 Å². The summed E-state index contributed by atoms with van der Waals surface area (Å²) in [7, 11) is -1.46. The van der Waals surface area contributed by atoms with Gasteiger partial charge in [0.25, 0.3) is 0 Å². The quantitative estimate of drug-likeness (QED) is 0.634. The second-order valence-corrected chi connectivity index (χ2v) is 3.70. The third kappa shape index (κ3) is 2.53. The normalized spacial score (nSPS) is 10.0. The zero-order chi connectivity index (χ0) is 10.7. The van der Waals surface area contributed by atoms with Crippen LogP contribution in [0.15, 0.2) is 29.8 Å². The molecule has 0 saturated heterocycles. The molecule has 0 aliphatic rings. The van der Waals surface area contributed by atoms with Gasteiger partial charge in [-0.2, -0.15) is 0 Å². The van der Waals surface area contributed by atoms with Gasteiger partial charge in [0.1, 0.15) is 5.51 Å². The smallest absolute Gasteiger partial charge is 0.423 e. The molecular weight excluding hydrogens is 213 g/mol. The molecule has 1 aromatic carbocycles. The summed E-state index contributed by atoms with van der Waals surface area (Å²) >= 11 is 1.37. The zero-order valence-corrected chi connectivity index (χ0v) is 8.48. The van der Waals surface area contributed by atoms with Crippen molar-refractivity contribution in [1.29, 1.82) is 0 Å². The number of aromatic nitrogens is 2. The molecule has 5 nitrogen and oxygen atoms in total. The van der Waals surface area contributed by atoms with Crippen LogP contribution >= 0.6 is 11.3 Å². The van der Waals surface area contributed by atoms with Gasteiger partial charge in [-0.25, -0.2) is 0 Å². The van der Waals surface area contributed by atoms with E-state index in [0.29, 0.717) is 10.6 Å². The number of hydrogen-bond donors (Lipinski definition) is 3. The topological polar surface area (TPSA) is 78.3 Å². The summed E-state index contributed by atoms with van der Waals surface area (Å²) in [6.07, 6.45) is 0. The molecule has 7 heteroatoms. The average molecular weight is 221 g/mol. The monoisotopic (exact) mass is 221 g/mol. The van der Waals surface area contributed by atoms with Crippen molar-refractivity contribution in [3.8, 4) is 0 Å². The van der Waals surface area contributed by atoms with Crippen LogP contribution in [0.25, 0.3) is 0 Å². The molecule has 15 heavy (non-hydrogen) atoms. The first-order chi connectivity index (χ1) is 7.25. The molecule has 0 amide bonds. The maximum absolute atomic E-state index is 8.98. The number of nitrogens with zero attached hydrogens (tertiary/aromatic N) is 2. The Balaban J connectivity index is 2.18. The highest BCUT2D eigenvalue weighted by molar-refractivity contribution is 7.13. The predicted molar refractivity (Wildman–Crippen MR) is 59.5 cm³/mol. The van der Waals surface area contributed by atoms with E-state index < -0.39 is 7.12 Å². The van der Waals surface area contributed by atoms with Crippen molar-refractivity contribution < 1.29 is 10.0 Å². The van der Waals surface area contributed by atoms with Crippen LogP contribution in [0.4, 0.5) is 10.8 Å². The van der Waals surface area contributed by atoms with Crippen molar-refractivity contribution in [2.24, 2.45) is 0 Å². The molecule has 2 aromatic rings. The van der Waals surface area contributed by atoms with Crippen molar-refractivity contribution in [2.75, 3.05) is 5.32 Å². The summed E-state index contributed by atoms with van der Waals surface area (Å²) in [6, 6.07) is 6.83. The lowest BCUT2D eigenvalue weighted by Crippen LogP contribution is -2.29. The summed E-state index contributed by atoms with van der Waals surface area (Å²) < 4.78 is 0. The Kier molecular flexibility index (Phi) is 2.95. The molecule has 0 aliphatic carbocycles. The summed E-state index contributed by atoms with van der Waals surface area (Å²) in [5.74, 6) is 0. The van der Waals surface area contributed by atoms with Crippen LogP contribution in [-0.2, 0) is 0 Å². The maximum Gasteiger partial charge on any atom is 0.488 e. The van der Waals surface area contributed by atoms with Gasteiger partial charge in [0.15, 0.2) is 0 Å². The molecule has 0 spiro atoms. The van der Waals surface area contributed by atoms with E-state index in [1.54, 1.807) is 23.7 Å². The van der Waals surface area contributed by atoms with Crippen LogP contribution < -0.4 is 10.8 Å². The van der Waals surface area contributed by atoms with Crippen LogP contribution in [0.3, 0.4) is 0 Å². The van der Waals surface area contributed by atoms with Gasteiger partial charge in [0.2, 0.25) is 5.13 Å². The van der Waals surface area contributed by atoms with Crippen LogP contribution in [0.1, 0.15) is 0 Å². The van der Waals surface area contributed by atoms with E-state index in [2.05, 4.69) is 15.5 Å². The summed E-state index contributed by atoms with van der Waals surface area (Å²) in [4.78, 5) is 0. The van der Waals surface area contributed by atoms with Crippen molar-refractivity contribution >= 4 is 34.7 Å². The lowest BCUT2D eigenvalue weighted by Gasteiger charge is -2.04. The van der Waals surface area contributed by atoms with E-state index in [1.165, 1.54) is 11.3 Å². The molecule has 0 bridgehead atoms.